The van der Waals surface area contributed by atoms with Gasteiger partial charge in [-0.3, -0.25) is 19.5 Å². The minimum atomic E-state index is -0.383. The molecule has 1 aromatic heterocycles. The number of carbonyl (C=O) groups is 3. The Bertz CT molecular complexity index is 701. The quantitative estimate of drug-likeness (QED) is 0.640. The third-order valence-electron chi connectivity index (χ3n) is 5.39. The smallest absolute Gasteiger partial charge is 0.319 e. The third-order valence-corrected chi connectivity index (χ3v) is 5.39. The van der Waals surface area contributed by atoms with Gasteiger partial charge in [0, 0.05) is 19.3 Å². The van der Waals surface area contributed by atoms with Gasteiger partial charge in [-0.2, -0.15) is 0 Å². The Labute approximate surface area is 145 Å². The average molecular weight is 340 g/mol. The Morgan fingerprint density at radius 3 is 2.40 bits per heavy atom. The highest BCUT2D eigenvalue weighted by Gasteiger charge is 2.56. The van der Waals surface area contributed by atoms with E-state index in [9.17, 15) is 14.4 Å². The number of likely N-dealkylation sites (tertiary alicyclic amines) is 1. The van der Waals surface area contributed by atoms with Crippen LogP contribution in [0.15, 0.2) is 36.7 Å². The third kappa shape index (κ3) is 2.79. The molecule has 2 N–H and O–H groups in total. The number of rotatable bonds is 4. The fourth-order valence-electron chi connectivity index (χ4n) is 4.25. The van der Waals surface area contributed by atoms with Crippen LogP contribution in [0, 0.1) is 23.7 Å². The number of hydrogen-bond donors (Lipinski definition) is 2. The summed E-state index contributed by atoms with van der Waals surface area (Å²) in [6.07, 6.45) is 9.34. The normalized spacial score (nSPS) is 29.7. The van der Waals surface area contributed by atoms with Crippen molar-refractivity contribution in [1.29, 1.82) is 0 Å². The van der Waals surface area contributed by atoms with Gasteiger partial charge >= 0.3 is 6.03 Å². The highest BCUT2D eigenvalue weighted by molar-refractivity contribution is 6.06. The van der Waals surface area contributed by atoms with E-state index in [4.69, 9.17) is 0 Å². The molecule has 3 aliphatic carbocycles. The number of amides is 4. The van der Waals surface area contributed by atoms with Crippen LogP contribution in [0.25, 0.3) is 0 Å². The number of nitrogens with zero attached hydrogens (tertiary/aromatic N) is 2. The van der Waals surface area contributed by atoms with Crippen LogP contribution < -0.4 is 10.6 Å². The lowest BCUT2D eigenvalue weighted by Crippen LogP contribution is -2.40. The maximum atomic E-state index is 12.6. The van der Waals surface area contributed by atoms with Crippen molar-refractivity contribution in [2.75, 3.05) is 18.4 Å². The second kappa shape index (κ2) is 6.31. The summed E-state index contributed by atoms with van der Waals surface area (Å²) in [5, 5.41) is 5.33. The molecule has 1 saturated carbocycles. The number of imide groups is 1. The van der Waals surface area contributed by atoms with Gasteiger partial charge in [0.25, 0.3) is 0 Å². The van der Waals surface area contributed by atoms with E-state index in [1.807, 2.05) is 0 Å². The SMILES string of the molecule is O=C(NCCN1C(=O)C2C3C=CC(CC3)C2C1=O)Nc1cccnc1. The number of fused-ring (bicyclic) bond motifs is 1. The van der Waals surface area contributed by atoms with E-state index in [-0.39, 0.29) is 54.6 Å². The summed E-state index contributed by atoms with van der Waals surface area (Å²) >= 11 is 0. The van der Waals surface area contributed by atoms with E-state index in [1.54, 1.807) is 24.5 Å². The molecule has 0 aromatic carbocycles. The maximum Gasteiger partial charge on any atom is 0.319 e. The number of anilines is 1. The number of aromatic nitrogens is 1. The maximum absolute atomic E-state index is 12.6. The Morgan fingerprint density at radius 2 is 1.84 bits per heavy atom. The first-order chi connectivity index (χ1) is 12.1. The van der Waals surface area contributed by atoms with Crippen molar-refractivity contribution in [2.45, 2.75) is 12.8 Å². The van der Waals surface area contributed by atoms with Gasteiger partial charge in [0.15, 0.2) is 0 Å². The first kappa shape index (κ1) is 15.8. The van der Waals surface area contributed by atoms with E-state index in [0.29, 0.717) is 5.69 Å². The fraction of sp³-hybridized carbons (Fsp3) is 0.444. The minimum absolute atomic E-state index is 0.0801. The minimum Gasteiger partial charge on any atom is -0.336 e. The molecule has 4 amide bonds. The lowest BCUT2D eigenvalue weighted by Gasteiger charge is -2.38. The summed E-state index contributed by atoms with van der Waals surface area (Å²) in [5.41, 5.74) is 0.585. The number of allylic oxidation sites excluding steroid dienone is 2. The van der Waals surface area contributed by atoms with Gasteiger partial charge in [0.05, 0.1) is 23.7 Å². The fourth-order valence-corrected chi connectivity index (χ4v) is 4.25. The van der Waals surface area contributed by atoms with Crippen molar-refractivity contribution in [3.05, 3.63) is 36.7 Å². The van der Waals surface area contributed by atoms with Crippen LogP contribution in [0.2, 0.25) is 0 Å². The van der Waals surface area contributed by atoms with Crippen molar-refractivity contribution in [1.82, 2.24) is 15.2 Å². The van der Waals surface area contributed by atoms with Gasteiger partial charge in [-0.15, -0.1) is 0 Å². The summed E-state index contributed by atoms with van der Waals surface area (Å²) in [7, 11) is 0. The summed E-state index contributed by atoms with van der Waals surface area (Å²) in [6.45, 7) is 0.441. The van der Waals surface area contributed by atoms with Crippen molar-refractivity contribution in [2.24, 2.45) is 23.7 Å². The molecule has 4 aliphatic rings. The van der Waals surface area contributed by atoms with Crippen molar-refractivity contribution in [3.8, 4) is 0 Å². The van der Waals surface area contributed by atoms with Crippen LogP contribution in [0.1, 0.15) is 12.8 Å². The second-order valence-electron chi connectivity index (χ2n) is 6.79. The van der Waals surface area contributed by atoms with Gasteiger partial charge < -0.3 is 10.6 Å². The van der Waals surface area contributed by atoms with Crippen LogP contribution in [-0.4, -0.2) is 40.8 Å². The predicted molar refractivity (Wildman–Crippen MR) is 90.3 cm³/mol. The molecule has 1 aliphatic heterocycles. The van der Waals surface area contributed by atoms with Gasteiger partial charge in [-0.25, -0.2) is 4.79 Å². The molecule has 2 bridgehead atoms. The molecule has 25 heavy (non-hydrogen) atoms. The number of pyridine rings is 1. The number of carbonyl (C=O) groups excluding carboxylic acids is 3. The van der Waals surface area contributed by atoms with Crippen LogP contribution in [-0.2, 0) is 9.59 Å². The Hall–Kier alpha value is -2.70. The standard InChI is InChI=1S/C18H20N4O3/c23-16-14-11-3-4-12(6-5-11)15(14)17(24)22(16)9-8-20-18(25)21-13-2-1-7-19-10-13/h1-4,7,10-12,14-15H,5-6,8-9H2,(H2,20,21,25). The van der Waals surface area contributed by atoms with Crippen LogP contribution in [0.4, 0.5) is 10.5 Å². The lowest BCUT2D eigenvalue weighted by atomic mass is 9.63. The number of urea groups is 1. The van der Waals surface area contributed by atoms with Gasteiger partial charge in [0.1, 0.15) is 0 Å². The number of nitrogens with one attached hydrogen (secondary N) is 2. The molecule has 1 aromatic rings. The van der Waals surface area contributed by atoms with Gasteiger partial charge in [-0.1, -0.05) is 12.2 Å². The van der Waals surface area contributed by atoms with E-state index in [0.717, 1.165) is 12.8 Å². The summed E-state index contributed by atoms with van der Waals surface area (Å²) in [5.74, 6) is -0.162. The van der Waals surface area contributed by atoms with Crippen molar-refractivity contribution in [3.63, 3.8) is 0 Å². The molecule has 1 saturated heterocycles. The zero-order valence-electron chi connectivity index (χ0n) is 13.7. The molecule has 7 nitrogen and oxygen atoms in total. The Morgan fingerprint density at radius 1 is 1.16 bits per heavy atom. The molecule has 0 radical (unpaired) electrons. The highest BCUT2D eigenvalue weighted by Crippen LogP contribution is 2.49. The van der Waals surface area contributed by atoms with Crippen LogP contribution >= 0.6 is 0 Å². The second-order valence-corrected chi connectivity index (χ2v) is 6.79. The summed E-state index contributed by atoms with van der Waals surface area (Å²) in [6, 6.07) is 3.07. The predicted octanol–water partition coefficient (Wildman–Crippen LogP) is 1.40. The largest absolute Gasteiger partial charge is 0.336 e. The highest BCUT2D eigenvalue weighted by atomic mass is 16.2. The van der Waals surface area contributed by atoms with Crippen molar-refractivity contribution >= 4 is 23.5 Å². The van der Waals surface area contributed by atoms with Crippen LogP contribution in [0.5, 0.6) is 0 Å². The summed E-state index contributed by atoms with van der Waals surface area (Å²) in [4.78, 5) is 42.4. The molecule has 4 atom stereocenters. The van der Waals surface area contributed by atoms with E-state index >= 15 is 0 Å². The van der Waals surface area contributed by atoms with E-state index in [1.165, 1.54) is 4.90 Å². The molecule has 4 unspecified atom stereocenters. The zero-order chi connectivity index (χ0) is 17.4. The number of hydrogen-bond acceptors (Lipinski definition) is 4. The zero-order valence-corrected chi connectivity index (χ0v) is 13.7. The van der Waals surface area contributed by atoms with E-state index in [2.05, 4.69) is 27.8 Å². The first-order valence-corrected chi connectivity index (χ1v) is 8.63. The topological polar surface area (TPSA) is 91.4 Å². The molecule has 2 heterocycles. The molecule has 130 valence electrons. The monoisotopic (exact) mass is 340 g/mol. The summed E-state index contributed by atoms with van der Waals surface area (Å²) < 4.78 is 0. The Kier molecular flexibility index (Phi) is 3.99. The van der Waals surface area contributed by atoms with E-state index < -0.39 is 0 Å². The molecule has 0 spiro atoms. The molecule has 7 heteroatoms. The Balaban J connectivity index is 1.32. The molecule has 5 rings (SSSR count). The van der Waals surface area contributed by atoms with Crippen LogP contribution in [0.3, 0.4) is 0 Å². The lowest BCUT2D eigenvalue weighted by molar-refractivity contribution is -0.140. The van der Waals surface area contributed by atoms with Gasteiger partial charge in [0.2, 0.25) is 11.8 Å². The van der Waals surface area contributed by atoms with Gasteiger partial charge in [-0.05, 0) is 36.8 Å². The molecular formula is C18H20N4O3. The average Bonchev–Trinajstić information content (AvgIpc) is 2.90. The molecular weight excluding hydrogens is 320 g/mol. The first-order valence-electron chi connectivity index (χ1n) is 8.63. The molecule has 2 fully saturated rings. The van der Waals surface area contributed by atoms with Crippen molar-refractivity contribution < 1.29 is 14.4 Å².